The van der Waals surface area contributed by atoms with Crippen molar-refractivity contribution in [2.24, 2.45) is 5.92 Å². The first-order valence-electron chi connectivity index (χ1n) is 13.0. The SMILES string of the molecule is C=C/C(Cl)=C(C[C@H](OC(=O)CNS(=O)(=O)Cc1ccc(N)cc1)c1ccc(OC(F)F)c(OCC2CC2)c1)\C(Cl)=C/C. The number of carbonyl (C=O) groups excluding carboxylic acids is 1. The Morgan fingerprint density at radius 3 is 2.45 bits per heavy atom. The number of sulfonamides is 1. The number of alkyl halides is 2. The quantitative estimate of drug-likeness (QED) is 0.120. The number of anilines is 1. The first kappa shape index (κ1) is 33.4. The number of allylic oxidation sites excluding steroid dienone is 4. The maximum absolute atomic E-state index is 13.0. The van der Waals surface area contributed by atoms with Gasteiger partial charge in [-0.25, -0.2) is 13.1 Å². The zero-order valence-electron chi connectivity index (χ0n) is 22.8. The van der Waals surface area contributed by atoms with E-state index in [1.54, 1.807) is 37.3 Å². The van der Waals surface area contributed by atoms with E-state index in [2.05, 4.69) is 16.0 Å². The molecule has 0 unspecified atom stereocenters. The molecule has 2 aromatic carbocycles. The van der Waals surface area contributed by atoms with Crippen molar-refractivity contribution in [2.45, 2.75) is 44.7 Å². The van der Waals surface area contributed by atoms with E-state index in [1.165, 1.54) is 24.3 Å². The molecule has 3 N–H and O–H groups in total. The number of nitrogen functional groups attached to an aromatic ring is 1. The number of nitrogens with two attached hydrogens (primary N) is 1. The van der Waals surface area contributed by atoms with Gasteiger partial charge in [0.2, 0.25) is 10.0 Å². The highest BCUT2D eigenvalue weighted by Gasteiger charge is 2.26. The predicted molar refractivity (Wildman–Crippen MR) is 159 cm³/mol. The van der Waals surface area contributed by atoms with E-state index in [-0.39, 0.29) is 33.7 Å². The fourth-order valence-corrected chi connectivity index (χ4v) is 5.27. The van der Waals surface area contributed by atoms with E-state index in [0.29, 0.717) is 34.9 Å². The Morgan fingerprint density at radius 2 is 1.86 bits per heavy atom. The molecule has 1 aliphatic carbocycles. The Labute approximate surface area is 254 Å². The number of esters is 1. The van der Waals surface area contributed by atoms with Crippen LogP contribution in [0.4, 0.5) is 14.5 Å². The van der Waals surface area contributed by atoms with Crippen LogP contribution in [0.15, 0.2) is 76.8 Å². The van der Waals surface area contributed by atoms with Gasteiger partial charge in [0, 0.05) is 22.2 Å². The van der Waals surface area contributed by atoms with Crippen LogP contribution >= 0.6 is 23.2 Å². The Bertz CT molecular complexity index is 1430. The van der Waals surface area contributed by atoms with Gasteiger partial charge in [0.05, 0.1) is 12.4 Å². The third kappa shape index (κ3) is 10.6. The molecule has 0 heterocycles. The number of rotatable bonds is 16. The summed E-state index contributed by atoms with van der Waals surface area (Å²) in [6, 6.07) is 10.4. The lowest BCUT2D eigenvalue weighted by Crippen LogP contribution is -2.32. The van der Waals surface area contributed by atoms with Crippen LogP contribution in [0.3, 0.4) is 0 Å². The highest BCUT2D eigenvalue weighted by atomic mass is 35.5. The molecule has 13 heteroatoms. The summed E-state index contributed by atoms with van der Waals surface area (Å²) >= 11 is 12.7. The fraction of sp³-hybridized carbons (Fsp3) is 0.345. The van der Waals surface area contributed by atoms with Crippen molar-refractivity contribution in [1.82, 2.24) is 4.72 Å². The Balaban J connectivity index is 1.86. The van der Waals surface area contributed by atoms with E-state index < -0.39 is 35.3 Å². The number of nitrogens with one attached hydrogen (secondary N) is 1. The topological polar surface area (TPSA) is 117 Å². The summed E-state index contributed by atoms with van der Waals surface area (Å²) < 4.78 is 69.6. The van der Waals surface area contributed by atoms with Gasteiger partial charge in [0.15, 0.2) is 11.5 Å². The van der Waals surface area contributed by atoms with Crippen molar-refractivity contribution in [3.63, 3.8) is 0 Å². The smallest absolute Gasteiger partial charge is 0.387 e. The molecule has 0 amide bonds. The lowest BCUT2D eigenvalue weighted by Gasteiger charge is -2.22. The normalized spacial score (nSPS) is 15.1. The number of benzene rings is 2. The van der Waals surface area contributed by atoms with Crippen LogP contribution in [0.2, 0.25) is 0 Å². The van der Waals surface area contributed by atoms with Crippen molar-refractivity contribution in [1.29, 1.82) is 0 Å². The summed E-state index contributed by atoms with van der Waals surface area (Å²) in [5.74, 6) is -1.10. The lowest BCUT2D eigenvalue weighted by molar-refractivity contribution is -0.147. The average Bonchev–Trinajstić information content (AvgIpc) is 3.78. The molecule has 0 saturated heterocycles. The first-order chi connectivity index (χ1) is 19.9. The molecule has 1 fully saturated rings. The van der Waals surface area contributed by atoms with Gasteiger partial charge in [-0.2, -0.15) is 8.78 Å². The standard InChI is InChI=1S/C29H32Cl2F2N2O6S/c1-3-23(30)22(24(31)4-2)14-26(20-9-12-25(41-29(32)33)27(13-20)39-16-18-5-6-18)40-28(36)15-35-42(37,38)17-19-7-10-21(34)11-8-19/h3-4,7-13,18,26,29,35H,1,5-6,14-17,34H2,2H3/b23-22+,24-4+/t26-/m0/s1. The second-order valence-corrected chi connectivity index (χ2v) is 12.1. The van der Waals surface area contributed by atoms with Crippen LogP contribution in [0.5, 0.6) is 11.5 Å². The van der Waals surface area contributed by atoms with Crippen LogP contribution in [0.25, 0.3) is 0 Å². The zero-order valence-corrected chi connectivity index (χ0v) is 25.2. The van der Waals surface area contributed by atoms with E-state index in [4.69, 9.17) is 38.4 Å². The second kappa shape index (κ2) is 15.4. The summed E-state index contributed by atoms with van der Waals surface area (Å²) in [6.45, 7) is 1.90. The third-order valence-electron chi connectivity index (χ3n) is 6.17. The van der Waals surface area contributed by atoms with Crippen LogP contribution in [-0.4, -0.2) is 34.2 Å². The van der Waals surface area contributed by atoms with Gasteiger partial charge in [-0.15, -0.1) is 0 Å². The molecular formula is C29H32Cl2F2N2O6S. The summed E-state index contributed by atoms with van der Waals surface area (Å²) in [5.41, 5.74) is 7.35. The molecule has 8 nitrogen and oxygen atoms in total. The maximum atomic E-state index is 13.0. The molecule has 1 aliphatic rings. The molecule has 0 aromatic heterocycles. The molecule has 1 atom stereocenters. The molecular weight excluding hydrogens is 613 g/mol. The van der Waals surface area contributed by atoms with E-state index in [9.17, 15) is 22.0 Å². The molecule has 0 aliphatic heterocycles. The molecule has 228 valence electrons. The number of carbonyl (C=O) groups is 1. The summed E-state index contributed by atoms with van der Waals surface area (Å²) in [4.78, 5) is 12.9. The molecule has 0 bridgehead atoms. The van der Waals surface area contributed by atoms with Crippen LogP contribution in [0.1, 0.15) is 43.4 Å². The van der Waals surface area contributed by atoms with Crippen LogP contribution < -0.4 is 19.9 Å². The fourth-order valence-electron chi connectivity index (χ4n) is 3.80. The van der Waals surface area contributed by atoms with Crippen molar-refractivity contribution >= 4 is 44.9 Å². The molecule has 3 rings (SSSR count). The Morgan fingerprint density at radius 1 is 1.17 bits per heavy atom. The van der Waals surface area contributed by atoms with Crippen LogP contribution in [0, 0.1) is 5.92 Å². The maximum Gasteiger partial charge on any atom is 0.387 e. The van der Waals surface area contributed by atoms with Gasteiger partial charge in [-0.1, -0.05) is 60.1 Å². The average molecular weight is 646 g/mol. The van der Waals surface area contributed by atoms with Crippen LogP contribution in [-0.2, 0) is 25.3 Å². The molecule has 2 aromatic rings. The van der Waals surface area contributed by atoms with Crippen molar-refractivity contribution in [2.75, 3.05) is 18.9 Å². The van der Waals surface area contributed by atoms with Gasteiger partial charge in [-0.05, 0) is 66.6 Å². The minimum absolute atomic E-state index is 0.0439. The van der Waals surface area contributed by atoms with Gasteiger partial charge in [-0.3, -0.25) is 4.79 Å². The lowest BCUT2D eigenvalue weighted by atomic mass is 9.99. The zero-order chi connectivity index (χ0) is 30.9. The summed E-state index contributed by atoms with van der Waals surface area (Å²) in [5, 5.41) is 0.472. The first-order valence-corrected chi connectivity index (χ1v) is 15.4. The van der Waals surface area contributed by atoms with Gasteiger partial charge in [0.25, 0.3) is 0 Å². The van der Waals surface area contributed by atoms with Crippen molar-refractivity contribution in [3.05, 3.63) is 88.0 Å². The number of halogens is 4. The van der Waals surface area contributed by atoms with E-state index in [1.807, 2.05) is 0 Å². The monoisotopic (exact) mass is 644 g/mol. The molecule has 1 saturated carbocycles. The largest absolute Gasteiger partial charge is 0.489 e. The third-order valence-corrected chi connectivity index (χ3v) is 8.30. The van der Waals surface area contributed by atoms with Gasteiger partial charge in [0.1, 0.15) is 12.6 Å². The highest BCUT2D eigenvalue weighted by Crippen LogP contribution is 2.39. The summed E-state index contributed by atoms with van der Waals surface area (Å²) in [6.07, 6.45) is 3.79. The predicted octanol–water partition coefficient (Wildman–Crippen LogP) is 6.57. The molecule has 0 radical (unpaired) electrons. The van der Waals surface area contributed by atoms with E-state index in [0.717, 1.165) is 12.8 Å². The highest BCUT2D eigenvalue weighted by molar-refractivity contribution is 7.88. The van der Waals surface area contributed by atoms with Crippen molar-refractivity contribution < 1.29 is 36.2 Å². The van der Waals surface area contributed by atoms with Gasteiger partial charge >= 0.3 is 12.6 Å². The molecule has 0 spiro atoms. The number of hydrogen-bond donors (Lipinski definition) is 2. The van der Waals surface area contributed by atoms with Gasteiger partial charge < -0.3 is 19.9 Å². The van der Waals surface area contributed by atoms with Crippen molar-refractivity contribution in [3.8, 4) is 11.5 Å². The second-order valence-electron chi connectivity index (χ2n) is 9.51. The summed E-state index contributed by atoms with van der Waals surface area (Å²) in [7, 11) is -3.91. The molecule has 42 heavy (non-hydrogen) atoms. The van der Waals surface area contributed by atoms with E-state index >= 15 is 0 Å². The Hall–Kier alpha value is -3.12. The Kier molecular flexibility index (Phi) is 12.2. The minimum atomic E-state index is -3.91. The number of ether oxygens (including phenoxy) is 3. The number of hydrogen-bond acceptors (Lipinski definition) is 7. The minimum Gasteiger partial charge on any atom is -0.489 e.